The zero-order chi connectivity index (χ0) is 19.8. The van der Waals surface area contributed by atoms with Gasteiger partial charge < -0.3 is 20.4 Å². The Balaban J connectivity index is 1.33. The maximum atomic E-state index is 12.3. The van der Waals surface area contributed by atoms with Crippen molar-refractivity contribution in [3.05, 3.63) is 53.9 Å². The zero-order valence-corrected chi connectivity index (χ0v) is 16.1. The Kier molecular flexibility index (Phi) is 6.78. The predicted octanol–water partition coefficient (Wildman–Crippen LogP) is 1.32. The van der Waals surface area contributed by atoms with Crippen molar-refractivity contribution in [1.82, 2.24) is 25.5 Å². The van der Waals surface area contributed by atoms with E-state index < -0.39 is 0 Å². The summed E-state index contributed by atoms with van der Waals surface area (Å²) in [6.45, 7) is 5.49. The van der Waals surface area contributed by atoms with Gasteiger partial charge in [0.25, 0.3) is 0 Å². The number of hydrogen-bond donors (Lipinski definition) is 2. The van der Waals surface area contributed by atoms with E-state index in [1.165, 1.54) is 0 Å². The molecule has 0 unspecified atom stereocenters. The molecule has 28 heavy (non-hydrogen) atoms. The van der Waals surface area contributed by atoms with E-state index >= 15 is 0 Å². The zero-order valence-electron chi connectivity index (χ0n) is 16.1. The summed E-state index contributed by atoms with van der Waals surface area (Å²) in [5.41, 5.74) is 2.20. The number of nitrogens with one attached hydrogen (secondary N) is 2. The van der Waals surface area contributed by atoms with Gasteiger partial charge in [-0.25, -0.2) is 14.8 Å². The number of carbonyl (C=O) groups is 2. The van der Waals surface area contributed by atoms with Gasteiger partial charge in [-0.3, -0.25) is 4.79 Å². The number of piperazine rings is 1. The minimum absolute atomic E-state index is 0.0487. The Bertz CT molecular complexity index is 790. The highest BCUT2D eigenvalue weighted by molar-refractivity contribution is 5.78. The van der Waals surface area contributed by atoms with Crippen molar-refractivity contribution in [2.24, 2.45) is 0 Å². The smallest absolute Gasteiger partial charge is 0.315 e. The van der Waals surface area contributed by atoms with Gasteiger partial charge in [-0.05, 0) is 18.6 Å². The van der Waals surface area contributed by atoms with Crippen molar-refractivity contribution in [2.45, 2.75) is 19.9 Å². The second-order valence-corrected chi connectivity index (χ2v) is 6.77. The molecule has 0 radical (unpaired) electrons. The molecule has 148 valence electrons. The van der Waals surface area contributed by atoms with Crippen LogP contribution in [0.15, 0.2) is 42.7 Å². The van der Waals surface area contributed by atoms with Crippen molar-refractivity contribution in [1.29, 1.82) is 0 Å². The van der Waals surface area contributed by atoms with Gasteiger partial charge in [-0.15, -0.1) is 0 Å². The molecule has 1 aromatic carbocycles. The molecule has 3 amide bonds. The SMILES string of the molecule is Cc1cccc(CNC(=O)NCCC(=O)N2CCN(c3ncccn3)CC2)c1. The summed E-state index contributed by atoms with van der Waals surface area (Å²) in [4.78, 5) is 36.6. The first-order valence-electron chi connectivity index (χ1n) is 9.49. The summed E-state index contributed by atoms with van der Waals surface area (Å²) in [5, 5.41) is 5.55. The summed E-state index contributed by atoms with van der Waals surface area (Å²) in [7, 11) is 0. The van der Waals surface area contributed by atoms with Crippen LogP contribution in [0.1, 0.15) is 17.5 Å². The van der Waals surface area contributed by atoms with Crippen LogP contribution >= 0.6 is 0 Å². The first-order chi connectivity index (χ1) is 13.6. The highest BCUT2D eigenvalue weighted by Crippen LogP contribution is 2.10. The lowest BCUT2D eigenvalue weighted by atomic mass is 10.1. The molecule has 1 aliphatic heterocycles. The molecule has 8 heteroatoms. The molecule has 1 saturated heterocycles. The minimum atomic E-state index is -0.264. The van der Waals surface area contributed by atoms with Gasteiger partial charge in [0.1, 0.15) is 0 Å². The van der Waals surface area contributed by atoms with E-state index in [9.17, 15) is 9.59 Å². The summed E-state index contributed by atoms with van der Waals surface area (Å²) < 4.78 is 0. The standard InChI is InChI=1S/C20H26N6O2/c1-16-4-2-5-17(14-16)15-24-20(28)23-9-6-18(27)25-10-12-26(13-11-25)19-21-7-3-8-22-19/h2-5,7-8,14H,6,9-13,15H2,1H3,(H2,23,24,28). The number of aryl methyl sites for hydroxylation is 1. The first kappa shape index (κ1) is 19.6. The van der Waals surface area contributed by atoms with E-state index in [1.807, 2.05) is 36.1 Å². The summed E-state index contributed by atoms with van der Waals surface area (Å²) in [5.74, 6) is 0.745. The average Bonchev–Trinajstić information content (AvgIpc) is 2.73. The molecule has 0 saturated carbocycles. The van der Waals surface area contributed by atoms with Crippen molar-refractivity contribution in [2.75, 3.05) is 37.6 Å². The van der Waals surface area contributed by atoms with Crippen LogP contribution in [0.3, 0.4) is 0 Å². The van der Waals surface area contributed by atoms with E-state index in [-0.39, 0.29) is 11.9 Å². The Morgan fingerprint density at radius 1 is 1.04 bits per heavy atom. The van der Waals surface area contributed by atoms with Gasteiger partial charge in [0.2, 0.25) is 11.9 Å². The monoisotopic (exact) mass is 382 g/mol. The fourth-order valence-corrected chi connectivity index (χ4v) is 3.12. The molecule has 0 aliphatic carbocycles. The van der Waals surface area contributed by atoms with Crippen molar-refractivity contribution in [3.63, 3.8) is 0 Å². The average molecular weight is 382 g/mol. The van der Waals surface area contributed by atoms with Gasteiger partial charge in [0, 0.05) is 58.1 Å². The molecule has 3 rings (SSSR count). The number of rotatable bonds is 6. The maximum absolute atomic E-state index is 12.3. The highest BCUT2D eigenvalue weighted by atomic mass is 16.2. The Morgan fingerprint density at radius 3 is 2.50 bits per heavy atom. The number of hydrogen-bond acceptors (Lipinski definition) is 5. The largest absolute Gasteiger partial charge is 0.339 e. The second kappa shape index (κ2) is 9.68. The van der Waals surface area contributed by atoms with Gasteiger partial charge in [0.05, 0.1) is 0 Å². The molecule has 2 heterocycles. The molecule has 1 aliphatic rings. The van der Waals surface area contributed by atoms with Crippen LogP contribution in [0, 0.1) is 6.92 Å². The molecular weight excluding hydrogens is 356 g/mol. The van der Waals surface area contributed by atoms with Crippen molar-refractivity contribution >= 4 is 17.9 Å². The lowest BCUT2D eigenvalue weighted by Crippen LogP contribution is -2.49. The summed E-state index contributed by atoms with van der Waals surface area (Å²) in [6, 6.07) is 9.50. The van der Waals surface area contributed by atoms with Crippen LogP contribution in [0.2, 0.25) is 0 Å². The fourth-order valence-electron chi connectivity index (χ4n) is 3.12. The molecular formula is C20H26N6O2. The Hall–Kier alpha value is -3.16. The third-order valence-corrected chi connectivity index (χ3v) is 4.63. The number of amides is 3. The molecule has 2 aromatic rings. The van der Waals surface area contributed by atoms with Crippen molar-refractivity contribution < 1.29 is 9.59 Å². The molecule has 0 atom stereocenters. The third kappa shape index (κ3) is 5.67. The summed E-state index contributed by atoms with van der Waals surface area (Å²) >= 11 is 0. The van der Waals surface area contributed by atoms with E-state index in [4.69, 9.17) is 0 Å². The van der Waals surface area contributed by atoms with Crippen LogP contribution in [0.25, 0.3) is 0 Å². The third-order valence-electron chi connectivity index (χ3n) is 4.63. The molecule has 1 aromatic heterocycles. The van der Waals surface area contributed by atoms with Crippen LogP contribution in [-0.4, -0.2) is 59.5 Å². The molecule has 0 bridgehead atoms. The lowest BCUT2D eigenvalue weighted by Gasteiger charge is -2.34. The molecule has 8 nitrogen and oxygen atoms in total. The van der Waals surface area contributed by atoms with E-state index in [2.05, 4.69) is 25.5 Å². The summed E-state index contributed by atoms with van der Waals surface area (Å²) in [6.07, 6.45) is 3.73. The Morgan fingerprint density at radius 2 is 1.79 bits per heavy atom. The lowest BCUT2D eigenvalue weighted by molar-refractivity contribution is -0.131. The number of aromatic nitrogens is 2. The van der Waals surface area contributed by atoms with Gasteiger partial charge in [0.15, 0.2) is 0 Å². The highest BCUT2D eigenvalue weighted by Gasteiger charge is 2.22. The normalized spacial score (nSPS) is 13.9. The van der Waals surface area contributed by atoms with Gasteiger partial charge >= 0.3 is 6.03 Å². The number of nitrogens with zero attached hydrogens (tertiary/aromatic N) is 4. The van der Waals surface area contributed by atoms with Crippen LogP contribution < -0.4 is 15.5 Å². The fraction of sp³-hybridized carbons (Fsp3) is 0.400. The quantitative estimate of drug-likeness (QED) is 0.786. The maximum Gasteiger partial charge on any atom is 0.315 e. The van der Waals surface area contributed by atoms with E-state index in [0.29, 0.717) is 51.6 Å². The predicted molar refractivity (Wildman–Crippen MR) is 107 cm³/mol. The van der Waals surface area contributed by atoms with Crippen molar-refractivity contribution in [3.8, 4) is 0 Å². The topological polar surface area (TPSA) is 90.5 Å². The molecule has 2 N–H and O–H groups in total. The number of benzene rings is 1. The van der Waals surface area contributed by atoms with E-state index in [0.717, 1.165) is 11.1 Å². The van der Waals surface area contributed by atoms with Gasteiger partial charge in [-0.2, -0.15) is 0 Å². The molecule has 1 fully saturated rings. The number of carbonyl (C=O) groups excluding carboxylic acids is 2. The minimum Gasteiger partial charge on any atom is -0.339 e. The second-order valence-electron chi connectivity index (χ2n) is 6.77. The first-order valence-corrected chi connectivity index (χ1v) is 9.49. The Labute approximate surface area is 165 Å². The molecule has 0 spiro atoms. The van der Waals surface area contributed by atoms with Crippen LogP contribution in [0.5, 0.6) is 0 Å². The van der Waals surface area contributed by atoms with Crippen LogP contribution in [-0.2, 0) is 11.3 Å². The van der Waals surface area contributed by atoms with Crippen LogP contribution in [0.4, 0.5) is 10.7 Å². The number of anilines is 1. The number of urea groups is 1. The van der Waals surface area contributed by atoms with Gasteiger partial charge in [-0.1, -0.05) is 29.8 Å². The van der Waals surface area contributed by atoms with E-state index in [1.54, 1.807) is 18.5 Å².